The molecule has 11 heteroatoms. The lowest BCUT2D eigenvalue weighted by molar-refractivity contribution is -0.111. The minimum absolute atomic E-state index is 0.161. The van der Waals surface area contributed by atoms with Crippen LogP contribution < -0.4 is 21.0 Å². The molecule has 10 nitrogen and oxygen atoms in total. The zero-order valence-corrected chi connectivity index (χ0v) is 21.9. The Kier molecular flexibility index (Phi) is 7.87. The summed E-state index contributed by atoms with van der Waals surface area (Å²) >= 11 is 6.65. The highest BCUT2D eigenvalue weighted by Gasteiger charge is 2.19. The maximum atomic E-state index is 12.6. The van der Waals surface area contributed by atoms with Gasteiger partial charge >= 0.3 is 0 Å². The predicted octanol–water partition coefficient (Wildman–Crippen LogP) is 3.42. The smallest absolute Gasteiger partial charge is 0.247 e. The maximum Gasteiger partial charge on any atom is 0.247 e. The van der Waals surface area contributed by atoms with Crippen molar-refractivity contribution < 1.29 is 9.90 Å². The second kappa shape index (κ2) is 11.6. The summed E-state index contributed by atoms with van der Waals surface area (Å²) in [7, 11) is 0. The third-order valence-corrected chi connectivity index (χ3v) is 6.85. The Balaban J connectivity index is 1.40. The Morgan fingerprint density at radius 1 is 1.10 bits per heavy atom. The number of β-amino-alcohol motifs (C(OH)–C–C–N with tert-alkyl or cyclic N) is 1. The molecule has 39 heavy (non-hydrogen) atoms. The summed E-state index contributed by atoms with van der Waals surface area (Å²) in [5, 5.41) is 16.1. The van der Waals surface area contributed by atoms with Crippen molar-refractivity contribution in [2.24, 2.45) is 0 Å². The number of hydrogen-bond acceptors (Lipinski definition) is 8. The van der Waals surface area contributed by atoms with Gasteiger partial charge in [-0.2, -0.15) is 4.98 Å². The number of benzene rings is 2. The molecule has 5 rings (SSSR count). The van der Waals surface area contributed by atoms with Gasteiger partial charge in [0, 0.05) is 68.2 Å². The molecule has 0 spiro atoms. The summed E-state index contributed by atoms with van der Waals surface area (Å²) < 4.78 is 1.76. The van der Waals surface area contributed by atoms with Crippen molar-refractivity contribution in [2.45, 2.75) is 0 Å². The summed E-state index contributed by atoms with van der Waals surface area (Å²) in [4.78, 5) is 37.8. The van der Waals surface area contributed by atoms with Crippen LogP contribution in [0.25, 0.3) is 16.7 Å². The van der Waals surface area contributed by atoms with Gasteiger partial charge in [0.15, 0.2) is 11.1 Å². The van der Waals surface area contributed by atoms with Gasteiger partial charge in [-0.1, -0.05) is 24.2 Å². The van der Waals surface area contributed by atoms with Crippen LogP contribution in [0.1, 0.15) is 0 Å². The van der Waals surface area contributed by atoms with Crippen molar-refractivity contribution in [1.82, 2.24) is 19.4 Å². The van der Waals surface area contributed by atoms with Gasteiger partial charge in [0.05, 0.1) is 22.7 Å². The molecule has 200 valence electrons. The van der Waals surface area contributed by atoms with Crippen LogP contribution in [0, 0.1) is 0 Å². The first-order valence-electron chi connectivity index (χ1n) is 12.5. The van der Waals surface area contributed by atoms with E-state index in [-0.39, 0.29) is 17.9 Å². The van der Waals surface area contributed by atoms with Gasteiger partial charge in [-0.15, -0.1) is 0 Å². The van der Waals surface area contributed by atoms with Crippen LogP contribution in [0.2, 0.25) is 5.02 Å². The van der Waals surface area contributed by atoms with Crippen molar-refractivity contribution in [3.8, 4) is 5.69 Å². The van der Waals surface area contributed by atoms with Crippen LogP contribution in [0.4, 0.5) is 23.0 Å². The van der Waals surface area contributed by atoms with Gasteiger partial charge in [0.2, 0.25) is 11.9 Å². The minimum Gasteiger partial charge on any atom is -0.395 e. The predicted molar refractivity (Wildman–Crippen MR) is 154 cm³/mol. The van der Waals surface area contributed by atoms with Crippen LogP contribution in [0.5, 0.6) is 0 Å². The Labute approximate surface area is 230 Å². The summed E-state index contributed by atoms with van der Waals surface area (Å²) in [6, 6.07) is 14.4. The van der Waals surface area contributed by atoms with Crippen molar-refractivity contribution in [1.29, 1.82) is 0 Å². The molecule has 0 aliphatic carbocycles. The number of carbonyl (C=O) groups is 1. The molecule has 0 atom stereocenters. The quantitative estimate of drug-likeness (QED) is 0.289. The molecule has 1 aliphatic rings. The third kappa shape index (κ3) is 5.93. The fourth-order valence-electron chi connectivity index (χ4n) is 4.55. The molecule has 1 saturated heterocycles. The Morgan fingerprint density at radius 3 is 2.67 bits per heavy atom. The van der Waals surface area contributed by atoms with E-state index in [1.54, 1.807) is 29.0 Å². The average Bonchev–Trinajstić information content (AvgIpc) is 2.94. The molecular weight excluding hydrogens is 518 g/mol. The van der Waals surface area contributed by atoms with Gasteiger partial charge in [0.25, 0.3) is 0 Å². The van der Waals surface area contributed by atoms with E-state index >= 15 is 0 Å². The zero-order chi connectivity index (χ0) is 27.4. The molecule has 1 amide bonds. The lowest BCUT2D eigenvalue weighted by Gasteiger charge is -2.36. The number of aromatic nitrogens is 3. The Hall–Kier alpha value is -4.25. The normalized spacial score (nSPS) is 13.8. The van der Waals surface area contributed by atoms with E-state index in [1.807, 2.05) is 24.3 Å². The van der Waals surface area contributed by atoms with E-state index in [0.29, 0.717) is 45.6 Å². The number of pyridine rings is 1. The molecule has 3 N–H and O–H groups in total. The number of aliphatic hydroxyl groups is 1. The average molecular weight is 546 g/mol. The fraction of sp³-hybridized carbons (Fsp3) is 0.214. The number of halogens is 1. The summed E-state index contributed by atoms with van der Waals surface area (Å²) in [6.07, 6.45) is 4.33. The van der Waals surface area contributed by atoms with Gasteiger partial charge in [-0.3, -0.25) is 14.5 Å². The first-order chi connectivity index (χ1) is 18.9. The standard InChI is InChI=1S/C28H28ClN7O3/c1-2-26(39)31-19-4-3-5-21(16-19)36-9-8-25(38)22-18-30-28(33-27(22)36)32-20-6-7-24(23(29)17-20)35-12-10-34(11-13-35)14-15-37/h2-9,16-18,37H,1,10-15H2,(H,31,39)(H,30,32,33). The largest absolute Gasteiger partial charge is 0.395 e. The number of nitrogens with zero attached hydrogens (tertiary/aromatic N) is 5. The summed E-state index contributed by atoms with van der Waals surface area (Å²) in [5.41, 5.74) is 3.16. The van der Waals surface area contributed by atoms with Crippen LogP contribution in [-0.2, 0) is 4.79 Å². The molecule has 4 aromatic rings. The van der Waals surface area contributed by atoms with Crippen molar-refractivity contribution in [3.63, 3.8) is 0 Å². The molecule has 0 radical (unpaired) electrons. The monoisotopic (exact) mass is 545 g/mol. The molecule has 2 aromatic heterocycles. The zero-order valence-electron chi connectivity index (χ0n) is 21.2. The van der Waals surface area contributed by atoms with E-state index in [0.717, 1.165) is 31.9 Å². The number of hydrogen-bond donors (Lipinski definition) is 3. The number of aliphatic hydroxyl groups excluding tert-OH is 1. The van der Waals surface area contributed by atoms with Crippen LogP contribution >= 0.6 is 11.6 Å². The highest BCUT2D eigenvalue weighted by atomic mass is 35.5. The fourth-order valence-corrected chi connectivity index (χ4v) is 4.85. The molecule has 1 fully saturated rings. The second-order valence-corrected chi connectivity index (χ2v) is 9.48. The van der Waals surface area contributed by atoms with Gasteiger partial charge in [0.1, 0.15) is 0 Å². The SMILES string of the molecule is C=CC(=O)Nc1cccc(-n2ccc(=O)c3cnc(Nc4ccc(N5CCN(CCO)CC5)c(Cl)c4)nc32)c1. The number of carbonyl (C=O) groups excluding carboxylic acids is 1. The van der Waals surface area contributed by atoms with Crippen LogP contribution in [-0.4, -0.2) is 69.8 Å². The molecule has 0 bridgehead atoms. The van der Waals surface area contributed by atoms with E-state index in [2.05, 4.69) is 37.0 Å². The Bertz CT molecular complexity index is 1580. The number of rotatable bonds is 8. The van der Waals surface area contributed by atoms with E-state index in [1.165, 1.54) is 18.3 Å². The molecule has 2 aromatic carbocycles. The Morgan fingerprint density at radius 2 is 1.92 bits per heavy atom. The molecule has 0 saturated carbocycles. The van der Waals surface area contributed by atoms with Gasteiger partial charge in [-0.05, 0) is 42.5 Å². The molecule has 3 heterocycles. The van der Waals surface area contributed by atoms with Crippen molar-refractivity contribution in [2.75, 3.05) is 54.9 Å². The summed E-state index contributed by atoms with van der Waals surface area (Å²) in [5.74, 6) is -0.0150. The molecule has 0 unspecified atom stereocenters. The third-order valence-electron chi connectivity index (χ3n) is 6.55. The minimum atomic E-state index is -0.320. The maximum absolute atomic E-state index is 12.6. The van der Waals surface area contributed by atoms with Crippen LogP contribution in [0.15, 0.2) is 78.4 Å². The molecule has 1 aliphatic heterocycles. The first kappa shape index (κ1) is 26.4. The van der Waals surface area contributed by atoms with Crippen molar-refractivity contribution in [3.05, 3.63) is 88.8 Å². The van der Waals surface area contributed by atoms with Gasteiger partial charge < -0.3 is 25.2 Å². The first-order valence-corrected chi connectivity index (χ1v) is 12.9. The highest BCUT2D eigenvalue weighted by Crippen LogP contribution is 2.30. The van der Waals surface area contributed by atoms with Crippen molar-refractivity contribution >= 4 is 51.6 Å². The number of nitrogens with one attached hydrogen (secondary N) is 2. The summed E-state index contributed by atoms with van der Waals surface area (Å²) in [6.45, 7) is 7.72. The van der Waals surface area contributed by atoms with E-state index in [4.69, 9.17) is 16.7 Å². The number of piperazine rings is 1. The topological polar surface area (TPSA) is 116 Å². The number of fused-ring (bicyclic) bond motifs is 1. The van der Waals surface area contributed by atoms with Crippen LogP contribution in [0.3, 0.4) is 0 Å². The number of anilines is 4. The van der Waals surface area contributed by atoms with E-state index in [9.17, 15) is 9.59 Å². The molecular formula is C28H28ClN7O3. The van der Waals surface area contributed by atoms with E-state index < -0.39 is 0 Å². The number of amides is 1. The lowest BCUT2D eigenvalue weighted by atomic mass is 10.2. The van der Waals surface area contributed by atoms with Gasteiger partial charge in [-0.25, -0.2) is 4.98 Å². The second-order valence-electron chi connectivity index (χ2n) is 9.07. The lowest BCUT2D eigenvalue weighted by Crippen LogP contribution is -2.47. The highest BCUT2D eigenvalue weighted by molar-refractivity contribution is 6.33.